The second-order valence-electron chi connectivity index (χ2n) is 5.23. The van der Waals surface area contributed by atoms with E-state index >= 15 is 0 Å². The molecule has 0 aromatic heterocycles. The number of nitrogens with one attached hydrogen (secondary N) is 2. The van der Waals surface area contributed by atoms with E-state index in [0.29, 0.717) is 13.0 Å². The molecule has 1 aliphatic heterocycles. The molecule has 1 atom stereocenters. The Balaban J connectivity index is 1.51. The Bertz CT molecular complexity index is 642. The highest BCUT2D eigenvalue weighted by atomic mass is 19.1. The standard InChI is InChI=1S/C17H17FN2O/c18-14-6-7-15-13(10-14)11-16(20-15)17(21)19-9-8-12-4-2-1-3-5-12/h1-7,10,16,20H,8-9,11H2,(H,19,21). The molecule has 108 valence electrons. The highest BCUT2D eigenvalue weighted by Gasteiger charge is 2.26. The summed E-state index contributed by atoms with van der Waals surface area (Å²) < 4.78 is 13.2. The van der Waals surface area contributed by atoms with Crippen molar-refractivity contribution >= 4 is 11.6 Å². The fourth-order valence-corrected chi connectivity index (χ4v) is 2.59. The van der Waals surface area contributed by atoms with Crippen LogP contribution in [0.15, 0.2) is 48.5 Å². The summed E-state index contributed by atoms with van der Waals surface area (Å²) >= 11 is 0. The molecule has 4 heteroatoms. The molecule has 1 amide bonds. The molecule has 0 spiro atoms. The molecule has 2 aromatic rings. The molecule has 2 aromatic carbocycles. The molecule has 1 heterocycles. The summed E-state index contributed by atoms with van der Waals surface area (Å²) in [4.78, 5) is 12.1. The van der Waals surface area contributed by atoms with Crippen molar-refractivity contribution < 1.29 is 9.18 Å². The lowest BCUT2D eigenvalue weighted by Crippen LogP contribution is -2.39. The molecule has 0 bridgehead atoms. The first-order valence-electron chi connectivity index (χ1n) is 7.09. The quantitative estimate of drug-likeness (QED) is 0.906. The first-order valence-corrected chi connectivity index (χ1v) is 7.09. The number of halogens is 1. The summed E-state index contributed by atoms with van der Waals surface area (Å²) in [5, 5.41) is 6.06. The van der Waals surface area contributed by atoms with Crippen molar-refractivity contribution in [2.45, 2.75) is 18.9 Å². The maximum atomic E-state index is 13.2. The van der Waals surface area contributed by atoms with E-state index in [1.54, 1.807) is 6.07 Å². The van der Waals surface area contributed by atoms with Gasteiger partial charge in [-0.05, 0) is 35.7 Å². The van der Waals surface area contributed by atoms with Gasteiger partial charge in [0.15, 0.2) is 0 Å². The number of fused-ring (bicyclic) bond motifs is 1. The molecule has 21 heavy (non-hydrogen) atoms. The fourth-order valence-electron chi connectivity index (χ4n) is 2.59. The number of amides is 1. The Morgan fingerprint density at radius 3 is 2.86 bits per heavy atom. The van der Waals surface area contributed by atoms with Crippen LogP contribution in [-0.4, -0.2) is 18.5 Å². The van der Waals surface area contributed by atoms with Gasteiger partial charge in [-0.25, -0.2) is 4.39 Å². The maximum absolute atomic E-state index is 13.2. The first kappa shape index (κ1) is 13.6. The van der Waals surface area contributed by atoms with Gasteiger partial charge in [0.1, 0.15) is 11.9 Å². The van der Waals surface area contributed by atoms with Crippen molar-refractivity contribution in [3.05, 3.63) is 65.5 Å². The van der Waals surface area contributed by atoms with E-state index in [1.807, 2.05) is 30.3 Å². The number of hydrogen-bond donors (Lipinski definition) is 2. The van der Waals surface area contributed by atoms with Crippen molar-refractivity contribution in [3.63, 3.8) is 0 Å². The predicted molar refractivity (Wildman–Crippen MR) is 80.7 cm³/mol. The summed E-state index contributed by atoms with van der Waals surface area (Å²) in [6, 6.07) is 14.3. The number of carbonyl (C=O) groups excluding carboxylic acids is 1. The van der Waals surface area contributed by atoms with Gasteiger partial charge in [0.05, 0.1) is 0 Å². The Morgan fingerprint density at radius 1 is 1.24 bits per heavy atom. The summed E-state index contributed by atoms with van der Waals surface area (Å²) in [6.07, 6.45) is 1.34. The van der Waals surface area contributed by atoms with Crippen molar-refractivity contribution in [3.8, 4) is 0 Å². The van der Waals surface area contributed by atoms with Gasteiger partial charge >= 0.3 is 0 Å². The molecule has 3 rings (SSSR count). The summed E-state index contributed by atoms with van der Waals surface area (Å²) in [6.45, 7) is 0.603. The van der Waals surface area contributed by atoms with Crippen LogP contribution < -0.4 is 10.6 Å². The van der Waals surface area contributed by atoms with Crippen LogP contribution >= 0.6 is 0 Å². The zero-order valence-electron chi connectivity index (χ0n) is 11.6. The van der Waals surface area contributed by atoms with Gasteiger partial charge in [-0.2, -0.15) is 0 Å². The maximum Gasteiger partial charge on any atom is 0.242 e. The molecule has 1 aliphatic rings. The Labute approximate surface area is 123 Å². The second-order valence-corrected chi connectivity index (χ2v) is 5.23. The van der Waals surface area contributed by atoms with E-state index in [9.17, 15) is 9.18 Å². The lowest BCUT2D eigenvalue weighted by molar-refractivity contribution is -0.121. The highest BCUT2D eigenvalue weighted by Crippen LogP contribution is 2.26. The topological polar surface area (TPSA) is 41.1 Å². The summed E-state index contributed by atoms with van der Waals surface area (Å²) in [5.74, 6) is -0.303. The SMILES string of the molecule is O=C(NCCc1ccccc1)C1Cc2cc(F)ccc2N1. The Hall–Kier alpha value is -2.36. The van der Waals surface area contributed by atoms with E-state index in [1.165, 1.54) is 17.7 Å². The van der Waals surface area contributed by atoms with Crippen molar-refractivity contribution in [1.82, 2.24) is 5.32 Å². The molecule has 0 saturated heterocycles. The third-order valence-electron chi connectivity index (χ3n) is 3.69. The zero-order chi connectivity index (χ0) is 14.7. The first-order chi connectivity index (χ1) is 10.2. The van der Waals surface area contributed by atoms with Crippen LogP contribution in [0.3, 0.4) is 0 Å². The van der Waals surface area contributed by atoms with E-state index in [-0.39, 0.29) is 17.8 Å². The largest absolute Gasteiger partial charge is 0.373 e. The van der Waals surface area contributed by atoms with E-state index in [4.69, 9.17) is 0 Å². The van der Waals surface area contributed by atoms with Gasteiger partial charge in [0.25, 0.3) is 0 Å². The molecule has 3 nitrogen and oxygen atoms in total. The Kier molecular flexibility index (Phi) is 3.86. The van der Waals surface area contributed by atoms with E-state index in [2.05, 4.69) is 10.6 Å². The molecule has 0 aliphatic carbocycles. The van der Waals surface area contributed by atoms with Gasteiger partial charge in [-0.3, -0.25) is 4.79 Å². The number of hydrogen-bond acceptors (Lipinski definition) is 2. The molecule has 2 N–H and O–H groups in total. The van der Waals surface area contributed by atoms with Crippen LogP contribution in [0.25, 0.3) is 0 Å². The van der Waals surface area contributed by atoms with E-state index < -0.39 is 0 Å². The average Bonchev–Trinajstić information content (AvgIpc) is 2.91. The molecule has 1 unspecified atom stereocenters. The average molecular weight is 284 g/mol. The van der Waals surface area contributed by atoms with Gasteiger partial charge in [-0.15, -0.1) is 0 Å². The number of rotatable bonds is 4. The van der Waals surface area contributed by atoms with E-state index in [0.717, 1.165) is 17.7 Å². The smallest absolute Gasteiger partial charge is 0.242 e. The van der Waals surface area contributed by atoms with Crippen LogP contribution in [0, 0.1) is 5.82 Å². The number of carbonyl (C=O) groups is 1. The molecular weight excluding hydrogens is 267 g/mol. The van der Waals surface area contributed by atoms with Crippen LogP contribution in [-0.2, 0) is 17.6 Å². The molecule has 0 fully saturated rings. The van der Waals surface area contributed by atoms with Crippen molar-refractivity contribution in [1.29, 1.82) is 0 Å². The van der Waals surface area contributed by atoms with Crippen LogP contribution in [0.2, 0.25) is 0 Å². The van der Waals surface area contributed by atoms with Crippen LogP contribution in [0.5, 0.6) is 0 Å². The highest BCUT2D eigenvalue weighted by molar-refractivity contribution is 5.87. The molecule has 0 radical (unpaired) electrons. The van der Waals surface area contributed by atoms with Crippen LogP contribution in [0.1, 0.15) is 11.1 Å². The lowest BCUT2D eigenvalue weighted by Gasteiger charge is -2.12. The molecular formula is C17H17FN2O. The van der Waals surface area contributed by atoms with Crippen molar-refractivity contribution in [2.75, 3.05) is 11.9 Å². The second kappa shape index (κ2) is 5.95. The third kappa shape index (κ3) is 3.21. The predicted octanol–water partition coefficient (Wildman–Crippen LogP) is 2.52. The third-order valence-corrected chi connectivity index (χ3v) is 3.69. The minimum Gasteiger partial charge on any atom is -0.373 e. The minimum atomic E-state index is -0.308. The van der Waals surface area contributed by atoms with Crippen LogP contribution in [0.4, 0.5) is 10.1 Å². The number of anilines is 1. The van der Waals surface area contributed by atoms with Gasteiger partial charge in [-0.1, -0.05) is 30.3 Å². The number of benzene rings is 2. The van der Waals surface area contributed by atoms with Gasteiger partial charge < -0.3 is 10.6 Å². The minimum absolute atomic E-state index is 0.0393. The zero-order valence-corrected chi connectivity index (χ0v) is 11.6. The summed E-state index contributed by atoms with van der Waals surface area (Å²) in [5.41, 5.74) is 2.90. The van der Waals surface area contributed by atoms with Crippen molar-refractivity contribution in [2.24, 2.45) is 0 Å². The monoisotopic (exact) mass is 284 g/mol. The molecule has 0 saturated carbocycles. The normalized spacial score (nSPS) is 16.1. The lowest BCUT2D eigenvalue weighted by atomic mass is 10.1. The fraction of sp³-hybridized carbons (Fsp3) is 0.235. The summed E-state index contributed by atoms with van der Waals surface area (Å²) in [7, 11) is 0. The van der Waals surface area contributed by atoms with Gasteiger partial charge in [0.2, 0.25) is 5.91 Å². The Morgan fingerprint density at radius 2 is 2.05 bits per heavy atom. The van der Waals surface area contributed by atoms with Gasteiger partial charge in [0, 0.05) is 18.7 Å².